The molecule has 0 saturated carbocycles. The predicted molar refractivity (Wildman–Crippen MR) is 221 cm³/mol. The standard InChI is InChI=1S/C45H50N4O6Si/c1-44(2,3)56(6,7)55-39-28-37(54-43(39)49-27-26-38-40(46-30-47-41(38)49)48-42(50)31-14-10-8-11-15-31)29-53-45(32-16-12-9-13-17-32,33-18-22-35(51-4)23-19-33)34-20-24-36(52-5)25-21-34/h8-27,30,37,39,43H,28-29H2,1-7H3,(H,46,47,48,50)/t37-,39-,43-/m1/s1. The molecule has 0 unspecified atom stereocenters. The highest BCUT2D eigenvalue weighted by Gasteiger charge is 2.47. The molecule has 0 spiro atoms. The van der Waals surface area contributed by atoms with E-state index in [0.717, 1.165) is 28.2 Å². The summed E-state index contributed by atoms with van der Waals surface area (Å²) in [7, 11) is 1.05. The van der Waals surface area contributed by atoms with Crippen molar-refractivity contribution >= 4 is 31.1 Å². The summed E-state index contributed by atoms with van der Waals surface area (Å²) in [5.74, 6) is 1.68. The van der Waals surface area contributed by atoms with Gasteiger partial charge in [-0.3, -0.25) is 4.79 Å². The van der Waals surface area contributed by atoms with Crippen LogP contribution in [-0.2, 0) is 19.5 Å². The highest BCUT2D eigenvalue weighted by atomic mass is 28.4. The second kappa shape index (κ2) is 16.0. The molecule has 1 aliphatic heterocycles. The Hall–Kier alpha value is -5.33. The second-order valence-corrected chi connectivity index (χ2v) is 20.4. The van der Waals surface area contributed by atoms with E-state index in [2.05, 4.69) is 85.5 Å². The Morgan fingerprint density at radius 3 is 1.95 bits per heavy atom. The van der Waals surface area contributed by atoms with E-state index in [1.54, 1.807) is 26.4 Å². The number of anilines is 1. The lowest BCUT2D eigenvalue weighted by Gasteiger charge is -2.39. The van der Waals surface area contributed by atoms with Crippen molar-refractivity contribution in [2.45, 2.75) is 69.4 Å². The number of methoxy groups -OCH3 is 2. The molecule has 2 aromatic heterocycles. The van der Waals surface area contributed by atoms with Crippen LogP contribution < -0.4 is 14.8 Å². The van der Waals surface area contributed by atoms with Crippen LogP contribution in [0.5, 0.6) is 11.5 Å². The topological polar surface area (TPSA) is 106 Å². The molecule has 7 rings (SSSR count). The summed E-state index contributed by atoms with van der Waals surface area (Å²) in [6, 6.07) is 37.3. The van der Waals surface area contributed by atoms with E-state index < -0.39 is 20.1 Å². The van der Waals surface area contributed by atoms with Crippen LogP contribution in [0.1, 0.15) is 60.5 Å². The first kappa shape index (κ1) is 38.9. The Morgan fingerprint density at radius 1 is 0.804 bits per heavy atom. The number of rotatable bonds is 13. The van der Waals surface area contributed by atoms with Gasteiger partial charge in [0.1, 0.15) is 34.9 Å². The molecule has 290 valence electrons. The maximum atomic E-state index is 13.1. The molecule has 56 heavy (non-hydrogen) atoms. The Kier molecular flexibility index (Phi) is 11.1. The van der Waals surface area contributed by atoms with E-state index in [4.69, 9.17) is 23.4 Å². The van der Waals surface area contributed by atoms with Crippen LogP contribution in [-0.4, -0.2) is 61.8 Å². The number of fused-ring (bicyclic) bond motifs is 1. The summed E-state index contributed by atoms with van der Waals surface area (Å²) < 4.78 is 34.5. The van der Waals surface area contributed by atoms with Crippen molar-refractivity contribution in [3.63, 3.8) is 0 Å². The van der Waals surface area contributed by atoms with E-state index in [1.807, 2.05) is 77.5 Å². The molecule has 0 radical (unpaired) electrons. The molecule has 1 saturated heterocycles. The fraction of sp³-hybridized carbons (Fsp3) is 0.311. The van der Waals surface area contributed by atoms with Crippen molar-refractivity contribution in [1.29, 1.82) is 0 Å². The first-order valence-electron chi connectivity index (χ1n) is 18.9. The normalized spacial score (nSPS) is 17.5. The van der Waals surface area contributed by atoms with Gasteiger partial charge in [-0.2, -0.15) is 0 Å². The largest absolute Gasteiger partial charge is 0.497 e. The van der Waals surface area contributed by atoms with Gasteiger partial charge < -0.3 is 33.3 Å². The average molecular weight is 771 g/mol. The molecule has 4 aromatic carbocycles. The number of amides is 1. The van der Waals surface area contributed by atoms with E-state index in [1.165, 1.54) is 6.33 Å². The average Bonchev–Trinajstić information content (AvgIpc) is 3.83. The smallest absolute Gasteiger partial charge is 0.256 e. The zero-order chi connectivity index (χ0) is 39.5. The minimum Gasteiger partial charge on any atom is -0.497 e. The molecule has 3 heterocycles. The number of aromatic nitrogens is 3. The zero-order valence-electron chi connectivity index (χ0n) is 33.1. The SMILES string of the molecule is COc1ccc(C(OC[C@H]2C[C@@H](O[Si](C)(C)C(C)(C)C)[C@H](n3ccc4c(NC(=O)c5ccccc5)ncnc43)O2)(c2ccccc2)c2ccc(OC)cc2)cc1. The van der Waals surface area contributed by atoms with Crippen molar-refractivity contribution in [3.8, 4) is 11.5 Å². The highest BCUT2D eigenvalue weighted by molar-refractivity contribution is 6.74. The van der Waals surface area contributed by atoms with E-state index in [9.17, 15) is 4.79 Å². The Labute approximate surface area is 329 Å². The van der Waals surface area contributed by atoms with Crippen molar-refractivity contribution in [3.05, 3.63) is 150 Å². The molecule has 1 amide bonds. The van der Waals surface area contributed by atoms with Crippen molar-refractivity contribution in [2.75, 3.05) is 26.1 Å². The van der Waals surface area contributed by atoms with Gasteiger partial charge in [-0.15, -0.1) is 0 Å². The minimum atomic E-state index is -2.27. The monoisotopic (exact) mass is 770 g/mol. The van der Waals surface area contributed by atoms with Crippen LogP contribution in [0.2, 0.25) is 18.1 Å². The van der Waals surface area contributed by atoms with Crippen LogP contribution >= 0.6 is 0 Å². The minimum absolute atomic E-state index is 0.0346. The summed E-state index contributed by atoms with van der Waals surface area (Å²) in [5, 5.41) is 3.64. The van der Waals surface area contributed by atoms with Gasteiger partial charge in [-0.05, 0) is 77.3 Å². The maximum absolute atomic E-state index is 13.1. The van der Waals surface area contributed by atoms with Gasteiger partial charge in [0.05, 0.1) is 38.4 Å². The molecule has 1 fully saturated rings. The van der Waals surface area contributed by atoms with E-state index in [0.29, 0.717) is 28.8 Å². The number of ether oxygens (including phenoxy) is 4. The highest BCUT2D eigenvalue weighted by Crippen LogP contribution is 2.45. The van der Waals surface area contributed by atoms with Gasteiger partial charge in [0.15, 0.2) is 14.5 Å². The summed E-state index contributed by atoms with van der Waals surface area (Å²) in [6.07, 6.45) is 2.84. The van der Waals surface area contributed by atoms with Crippen LogP contribution in [0, 0.1) is 0 Å². The third-order valence-corrected chi connectivity index (χ3v) is 15.6. The van der Waals surface area contributed by atoms with Gasteiger partial charge >= 0.3 is 0 Å². The number of hydrogen-bond acceptors (Lipinski definition) is 8. The Bertz CT molecular complexity index is 2190. The number of benzene rings is 4. The molecule has 0 bridgehead atoms. The third kappa shape index (κ3) is 7.72. The number of carbonyl (C=O) groups is 1. The van der Waals surface area contributed by atoms with E-state index in [-0.39, 0.29) is 29.8 Å². The first-order valence-corrected chi connectivity index (χ1v) is 21.8. The van der Waals surface area contributed by atoms with Gasteiger partial charge in [-0.25, -0.2) is 9.97 Å². The van der Waals surface area contributed by atoms with Crippen LogP contribution in [0.25, 0.3) is 11.0 Å². The lowest BCUT2D eigenvalue weighted by molar-refractivity contribution is -0.0839. The third-order valence-electron chi connectivity index (χ3n) is 11.1. The predicted octanol–water partition coefficient (Wildman–Crippen LogP) is 9.39. The number of nitrogens with one attached hydrogen (secondary N) is 1. The van der Waals surface area contributed by atoms with Crippen LogP contribution in [0.15, 0.2) is 128 Å². The summed E-state index contributed by atoms with van der Waals surface area (Å²) in [5.41, 5.74) is 3.02. The Balaban J connectivity index is 1.25. The van der Waals surface area contributed by atoms with Crippen molar-refractivity contribution in [2.24, 2.45) is 0 Å². The van der Waals surface area contributed by atoms with Gasteiger partial charge in [0, 0.05) is 18.2 Å². The molecule has 11 heteroatoms. The van der Waals surface area contributed by atoms with Gasteiger partial charge in [0.2, 0.25) is 0 Å². The summed E-state index contributed by atoms with van der Waals surface area (Å²) in [4.78, 5) is 22.3. The lowest BCUT2D eigenvalue weighted by atomic mass is 9.80. The first-order chi connectivity index (χ1) is 26.9. The fourth-order valence-electron chi connectivity index (χ4n) is 7.07. The number of carbonyl (C=O) groups excluding carboxylic acids is 1. The zero-order valence-corrected chi connectivity index (χ0v) is 34.1. The molecular weight excluding hydrogens is 721 g/mol. The van der Waals surface area contributed by atoms with Crippen LogP contribution in [0.3, 0.4) is 0 Å². The number of hydrogen-bond donors (Lipinski definition) is 1. The maximum Gasteiger partial charge on any atom is 0.256 e. The molecular formula is C45H50N4O6Si. The van der Waals surface area contributed by atoms with Crippen molar-refractivity contribution in [1.82, 2.24) is 14.5 Å². The Morgan fingerprint density at radius 2 is 1.38 bits per heavy atom. The summed E-state index contributed by atoms with van der Waals surface area (Å²) >= 11 is 0. The molecule has 1 N–H and O–H groups in total. The quantitative estimate of drug-likeness (QED) is 0.0915. The molecule has 10 nitrogen and oxygen atoms in total. The van der Waals surface area contributed by atoms with Gasteiger partial charge in [-0.1, -0.05) is 93.6 Å². The van der Waals surface area contributed by atoms with E-state index >= 15 is 0 Å². The van der Waals surface area contributed by atoms with Crippen molar-refractivity contribution < 1.29 is 28.2 Å². The summed E-state index contributed by atoms with van der Waals surface area (Å²) in [6.45, 7) is 11.5. The fourth-order valence-corrected chi connectivity index (χ4v) is 8.39. The number of nitrogens with zero attached hydrogens (tertiary/aromatic N) is 3. The molecule has 0 aliphatic carbocycles. The molecule has 1 aliphatic rings. The van der Waals surface area contributed by atoms with Gasteiger partial charge in [0.25, 0.3) is 5.91 Å². The second-order valence-electron chi connectivity index (χ2n) is 15.6. The lowest BCUT2D eigenvalue weighted by Crippen LogP contribution is -2.45. The molecule has 6 aromatic rings. The van der Waals surface area contributed by atoms with Crippen LogP contribution in [0.4, 0.5) is 5.82 Å². The molecule has 3 atom stereocenters.